The number of nitrogens with one attached hydrogen (secondary N) is 2. The number of anilines is 1. The van der Waals surface area contributed by atoms with Crippen molar-refractivity contribution >= 4 is 46.4 Å². The molecule has 2 N–H and O–H groups in total. The number of nitrogens with zero attached hydrogens (tertiary/aromatic N) is 1. The van der Waals surface area contributed by atoms with Crippen molar-refractivity contribution in [1.29, 1.82) is 0 Å². The van der Waals surface area contributed by atoms with E-state index < -0.39 is 0 Å². The minimum absolute atomic E-state index is 0.0956. The Morgan fingerprint density at radius 2 is 1.65 bits per heavy atom. The van der Waals surface area contributed by atoms with Crippen LogP contribution in [0.2, 0.25) is 5.02 Å². The summed E-state index contributed by atoms with van der Waals surface area (Å²) in [5, 5.41) is 6.36. The summed E-state index contributed by atoms with van der Waals surface area (Å²) in [5.74, 6) is -0.212. The van der Waals surface area contributed by atoms with Crippen molar-refractivity contribution in [2.75, 3.05) is 19.4 Å². The lowest BCUT2D eigenvalue weighted by Crippen LogP contribution is -2.34. The Kier molecular flexibility index (Phi) is 7.12. The van der Waals surface area contributed by atoms with Crippen LogP contribution in [0.4, 0.5) is 5.69 Å². The molecule has 0 bridgehead atoms. The highest BCUT2D eigenvalue weighted by Gasteiger charge is 2.08. The van der Waals surface area contributed by atoms with Gasteiger partial charge in [-0.25, -0.2) is 0 Å². The molecule has 0 heterocycles. The van der Waals surface area contributed by atoms with Crippen LogP contribution < -0.4 is 10.6 Å². The standard InChI is InChI=1S/C19H20ClN3O2S/c1-23(2)17(24)12-5-13-3-10-16(11-4-13)21-19(26)22-18(25)14-6-8-15(20)9-7-14/h3-4,6-11H,5,12H2,1-2H3,(H2,21,22,25,26). The third kappa shape index (κ3) is 6.13. The van der Waals surface area contributed by atoms with Crippen LogP contribution in [0.3, 0.4) is 0 Å². The first-order valence-corrected chi connectivity index (χ1v) is 8.81. The molecule has 0 fully saturated rings. The summed E-state index contributed by atoms with van der Waals surface area (Å²) in [5.41, 5.74) is 2.29. The van der Waals surface area contributed by atoms with Crippen LogP contribution in [0.1, 0.15) is 22.3 Å². The Morgan fingerprint density at radius 3 is 2.23 bits per heavy atom. The van der Waals surface area contributed by atoms with Gasteiger partial charge >= 0.3 is 0 Å². The van der Waals surface area contributed by atoms with Gasteiger partial charge in [-0.3, -0.25) is 14.9 Å². The molecular weight excluding hydrogens is 370 g/mol. The minimum atomic E-state index is -0.307. The molecule has 2 aromatic rings. The molecule has 0 radical (unpaired) electrons. The normalized spacial score (nSPS) is 10.1. The smallest absolute Gasteiger partial charge is 0.257 e. The summed E-state index contributed by atoms with van der Waals surface area (Å²) in [6, 6.07) is 14.1. The number of carbonyl (C=O) groups excluding carboxylic acids is 2. The molecular formula is C19H20ClN3O2S. The second-order valence-corrected chi connectivity index (χ2v) is 6.74. The summed E-state index contributed by atoms with van der Waals surface area (Å²) < 4.78 is 0. The van der Waals surface area contributed by atoms with Crippen molar-refractivity contribution in [3.63, 3.8) is 0 Å². The molecule has 0 saturated heterocycles. The van der Waals surface area contributed by atoms with Gasteiger partial charge in [0.25, 0.3) is 5.91 Å². The molecule has 0 aliphatic rings. The van der Waals surface area contributed by atoms with Gasteiger partial charge in [-0.15, -0.1) is 0 Å². The number of halogens is 1. The molecule has 0 aromatic heterocycles. The van der Waals surface area contributed by atoms with Crippen LogP contribution >= 0.6 is 23.8 Å². The topological polar surface area (TPSA) is 61.4 Å². The second kappa shape index (κ2) is 9.31. The van der Waals surface area contributed by atoms with Gasteiger partial charge in [-0.2, -0.15) is 0 Å². The number of carbonyl (C=O) groups is 2. The minimum Gasteiger partial charge on any atom is -0.349 e. The summed E-state index contributed by atoms with van der Waals surface area (Å²) in [4.78, 5) is 25.3. The zero-order chi connectivity index (χ0) is 19.1. The maximum Gasteiger partial charge on any atom is 0.257 e. The van der Waals surface area contributed by atoms with Crippen LogP contribution in [0, 0.1) is 0 Å². The van der Waals surface area contributed by atoms with E-state index in [-0.39, 0.29) is 16.9 Å². The van der Waals surface area contributed by atoms with Crippen molar-refractivity contribution in [3.8, 4) is 0 Å². The fraction of sp³-hybridized carbons (Fsp3) is 0.211. The maximum atomic E-state index is 12.1. The lowest BCUT2D eigenvalue weighted by molar-refractivity contribution is -0.128. The quantitative estimate of drug-likeness (QED) is 0.768. The van der Waals surface area contributed by atoms with E-state index in [2.05, 4.69) is 10.6 Å². The molecule has 2 rings (SSSR count). The van der Waals surface area contributed by atoms with Crippen LogP contribution in [0.25, 0.3) is 0 Å². The number of thiocarbonyl (C=S) groups is 1. The van der Waals surface area contributed by atoms with Gasteiger partial charge in [0, 0.05) is 36.8 Å². The largest absolute Gasteiger partial charge is 0.349 e. The monoisotopic (exact) mass is 389 g/mol. The molecule has 136 valence electrons. The first kappa shape index (κ1) is 19.9. The number of aryl methyl sites for hydroxylation is 1. The maximum absolute atomic E-state index is 12.1. The van der Waals surface area contributed by atoms with E-state index in [0.717, 1.165) is 11.3 Å². The van der Waals surface area contributed by atoms with E-state index in [1.165, 1.54) is 0 Å². The molecule has 5 nitrogen and oxygen atoms in total. The van der Waals surface area contributed by atoms with Gasteiger partial charge in [0.2, 0.25) is 5.91 Å². The van der Waals surface area contributed by atoms with Crippen LogP contribution in [-0.2, 0) is 11.2 Å². The molecule has 26 heavy (non-hydrogen) atoms. The van der Waals surface area contributed by atoms with E-state index in [9.17, 15) is 9.59 Å². The molecule has 0 unspecified atom stereocenters. The van der Waals surface area contributed by atoms with Crippen molar-refractivity contribution in [1.82, 2.24) is 10.2 Å². The highest BCUT2D eigenvalue weighted by Crippen LogP contribution is 2.12. The average Bonchev–Trinajstić information content (AvgIpc) is 2.61. The summed E-state index contributed by atoms with van der Waals surface area (Å²) >= 11 is 11.0. The lowest BCUT2D eigenvalue weighted by atomic mass is 10.1. The van der Waals surface area contributed by atoms with E-state index in [1.807, 2.05) is 24.3 Å². The highest BCUT2D eigenvalue weighted by atomic mass is 35.5. The Bertz CT molecular complexity index is 789. The predicted octanol–water partition coefficient (Wildman–Crippen LogP) is 3.49. The molecule has 0 aliphatic heterocycles. The average molecular weight is 390 g/mol. The Balaban J connectivity index is 1.86. The molecule has 2 aromatic carbocycles. The molecule has 2 amide bonds. The summed E-state index contributed by atoms with van der Waals surface area (Å²) in [7, 11) is 3.49. The van der Waals surface area contributed by atoms with Crippen LogP contribution in [0.5, 0.6) is 0 Å². The molecule has 0 spiro atoms. The zero-order valence-corrected chi connectivity index (χ0v) is 16.2. The number of rotatable bonds is 5. The fourth-order valence-corrected chi connectivity index (χ4v) is 2.51. The Labute approximate surface area is 163 Å². The first-order chi connectivity index (χ1) is 12.3. The van der Waals surface area contributed by atoms with Crippen LogP contribution in [-0.4, -0.2) is 35.9 Å². The van der Waals surface area contributed by atoms with Crippen molar-refractivity contribution < 1.29 is 9.59 Å². The zero-order valence-electron chi connectivity index (χ0n) is 14.6. The fourth-order valence-electron chi connectivity index (χ4n) is 2.17. The predicted molar refractivity (Wildman–Crippen MR) is 109 cm³/mol. The van der Waals surface area contributed by atoms with Gasteiger partial charge in [0.05, 0.1) is 0 Å². The summed E-state index contributed by atoms with van der Waals surface area (Å²) in [6.45, 7) is 0. The third-order valence-electron chi connectivity index (χ3n) is 3.67. The Morgan fingerprint density at radius 1 is 1.04 bits per heavy atom. The van der Waals surface area contributed by atoms with Crippen molar-refractivity contribution in [2.45, 2.75) is 12.8 Å². The second-order valence-electron chi connectivity index (χ2n) is 5.90. The van der Waals surface area contributed by atoms with Crippen molar-refractivity contribution in [3.05, 3.63) is 64.7 Å². The summed E-state index contributed by atoms with van der Waals surface area (Å²) in [6.07, 6.45) is 1.14. The Hall–Kier alpha value is -2.44. The SMILES string of the molecule is CN(C)C(=O)CCc1ccc(NC(=S)NC(=O)c2ccc(Cl)cc2)cc1. The van der Waals surface area contributed by atoms with Crippen molar-refractivity contribution in [2.24, 2.45) is 0 Å². The third-order valence-corrected chi connectivity index (χ3v) is 4.13. The van der Waals surface area contributed by atoms with E-state index in [1.54, 1.807) is 43.3 Å². The molecule has 0 atom stereocenters. The van der Waals surface area contributed by atoms with Gasteiger partial charge in [0.1, 0.15) is 0 Å². The van der Waals surface area contributed by atoms with Crippen LogP contribution in [0.15, 0.2) is 48.5 Å². The number of benzene rings is 2. The van der Waals surface area contributed by atoms with Gasteiger partial charge in [-0.1, -0.05) is 23.7 Å². The van der Waals surface area contributed by atoms with Gasteiger partial charge < -0.3 is 10.2 Å². The van der Waals surface area contributed by atoms with Gasteiger partial charge in [0.15, 0.2) is 5.11 Å². The van der Waals surface area contributed by atoms with E-state index >= 15 is 0 Å². The van der Waals surface area contributed by atoms with E-state index in [4.69, 9.17) is 23.8 Å². The van der Waals surface area contributed by atoms with Gasteiger partial charge in [-0.05, 0) is 60.6 Å². The molecule has 0 aliphatic carbocycles. The van der Waals surface area contributed by atoms with E-state index in [0.29, 0.717) is 23.4 Å². The first-order valence-electron chi connectivity index (χ1n) is 8.02. The number of amides is 2. The highest BCUT2D eigenvalue weighted by molar-refractivity contribution is 7.80. The lowest BCUT2D eigenvalue weighted by Gasteiger charge is -2.11. The number of hydrogen-bond donors (Lipinski definition) is 2. The molecule has 0 saturated carbocycles. The molecule has 7 heteroatoms. The number of hydrogen-bond acceptors (Lipinski definition) is 3.